The second-order valence-electron chi connectivity index (χ2n) is 7.73. The van der Waals surface area contributed by atoms with Crippen molar-refractivity contribution in [2.45, 2.75) is 37.6 Å². The van der Waals surface area contributed by atoms with Gasteiger partial charge in [-0.1, -0.05) is 63.2 Å². The highest BCUT2D eigenvalue weighted by molar-refractivity contribution is 7.86. The summed E-state index contributed by atoms with van der Waals surface area (Å²) in [5.74, 6) is -1.07. The lowest BCUT2D eigenvalue weighted by Gasteiger charge is -2.18. The number of alkyl halides is 3. The summed E-state index contributed by atoms with van der Waals surface area (Å²) in [5, 5.41) is 16.5. The topological polar surface area (TPSA) is 104 Å². The predicted molar refractivity (Wildman–Crippen MR) is 148 cm³/mol. The van der Waals surface area contributed by atoms with E-state index in [0.29, 0.717) is 28.8 Å². The van der Waals surface area contributed by atoms with Gasteiger partial charge in [-0.15, -0.1) is 0 Å². The number of hydrogen-bond acceptors (Lipinski definition) is 4. The molecule has 38 heavy (non-hydrogen) atoms. The lowest BCUT2D eigenvalue weighted by molar-refractivity contribution is -0.131. The molecule has 0 aliphatic rings. The van der Waals surface area contributed by atoms with Crippen LogP contribution in [0.2, 0.25) is 0 Å². The number of halogens is 3. The molecule has 5 nitrogen and oxygen atoms in total. The number of aliphatic carboxylic acids is 1. The summed E-state index contributed by atoms with van der Waals surface area (Å²) in [6.07, 6.45) is 4.16. The Kier molecular flexibility index (Phi) is 10.8. The van der Waals surface area contributed by atoms with Gasteiger partial charge in [0, 0.05) is 28.4 Å². The monoisotopic (exact) mass is 542 g/mol. The van der Waals surface area contributed by atoms with E-state index in [9.17, 15) is 22.2 Å². The maximum absolute atomic E-state index is 12.9. The highest BCUT2D eigenvalue weighted by Gasteiger charge is 2.37. The molecule has 1 atom stereocenters. The van der Waals surface area contributed by atoms with Crippen LogP contribution in [-0.2, 0) is 15.6 Å². The Morgan fingerprint density at radius 3 is 2.03 bits per heavy atom. The molecule has 9 heteroatoms. The van der Waals surface area contributed by atoms with Crippen LogP contribution in [0.15, 0.2) is 77.7 Å². The molecule has 0 amide bonds. The summed E-state index contributed by atoms with van der Waals surface area (Å²) in [7, 11) is -3.13. The molecule has 3 aromatic carbocycles. The van der Waals surface area contributed by atoms with E-state index in [1.54, 1.807) is 30.3 Å². The molecule has 0 aliphatic carbocycles. The van der Waals surface area contributed by atoms with Gasteiger partial charge in [-0.25, -0.2) is 9.00 Å². The first-order valence-electron chi connectivity index (χ1n) is 11.8. The molecule has 1 unspecified atom stereocenters. The van der Waals surface area contributed by atoms with Crippen molar-refractivity contribution in [1.29, 1.82) is 5.41 Å². The van der Waals surface area contributed by atoms with E-state index in [4.69, 9.17) is 16.2 Å². The van der Waals surface area contributed by atoms with Gasteiger partial charge in [0.25, 0.3) is 0 Å². The van der Waals surface area contributed by atoms with Crippen LogP contribution in [0.3, 0.4) is 0 Å². The largest absolute Gasteiger partial charge is 0.478 e. The number of rotatable bonds is 8. The van der Waals surface area contributed by atoms with Crippen LogP contribution in [0.25, 0.3) is 17.2 Å². The van der Waals surface area contributed by atoms with Crippen LogP contribution in [0.5, 0.6) is 0 Å². The molecule has 0 radical (unpaired) electrons. The molecule has 0 bridgehead atoms. The Hall–Kier alpha value is -3.98. The number of hydrogen-bond donors (Lipinski definition) is 3. The summed E-state index contributed by atoms with van der Waals surface area (Å²) < 4.78 is 50.4. The minimum absolute atomic E-state index is 0.337. The first-order valence-corrected chi connectivity index (χ1v) is 12.9. The molecular weight excluding hydrogens is 513 g/mol. The molecule has 3 aromatic rings. The van der Waals surface area contributed by atoms with Gasteiger partial charge in [-0.2, -0.15) is 13.2 Å². The normalized spacial score (nSPS) is 12.8. The summed E-state index contributed by atoms with van der Waals surface area (Å²) in [5.41, 5.74) is 6.51. The van der Waals surface area contributed by atoms with Crippen LogP contribution in [-0.4, -0.2) is 27.0 Å². The Bertz CT molecular complexity index is 1360. The smallest absolute Gasteiger partial charge is 0.475 e. The third kappa shape index (κ3) is 7.52. The Morgan fingerprint density at radius 2 is 1.53 bits per heavy atom. The number of carboxylic acids is 1. The lowest BCUT2D eigenvalue weighted by Crippen LogP contribution is -2.16. The summed E-state index contributed by atoms with van der Waals surface area (Å²) >= 11 is 0. The van der Waals surface area contributed by atoms with Crippen molar-refractivity contribution in [3.8, 4) is 0 Å². The number of anilines is 1. The molecule has 0 heterocycles. The van der Waals surface area contributed by atoms with E-state index in [2.05, 4.69) is 0 Å². The van der Waals surface area contributed by atoms with E-state index in [1.807, 2.05) is 32.9 Å². The van der Waals surface area contributed by atoms with Crippen molar-refractivity contribution in [2.75, 3.05) is 5.73 Å². The van der Waals surface area contributed by atoms with E-state index in [1.165, 1.54) is 30.3 Å². The van der Waals surface area contributed by atoms with Crippen LogP contribution < -0.4 is 5.73 Å². The Balaban J connectivity index is 0.00000247. The standard InChI is InChI=1S/C27H23F3N2O3S.C2H6/c1-2-23(18-8-11-22(12-9-18)36(35)27(28,29)30)26(20-10-13-24(32)21(15-20)16-31)19-6-3-17(4-7-19)5-14-25(33)34;1-2/h3-16,31H,2,32H2,1H3,(H,33,34);1-2H3/b14-5+,26-23+,31-16?;. The minimum Gasteiger partial charge on any atom is -0.478 e. The Labute approximate surface area is 222 Å². The van der Waals surface area contributed by atoms with Crippen LogP contribution in [0.4, 0.5) is 18.9 Å². The van der Waals surface area contributed by atoms with E-state index in [-0.39, 0.29) is 4.90 Å². The zero-order chi connectivity index (χ0) is 28.5. The van der Waals surface area contributed by atoms with E-state index < -0.39 is 22.3 Å². The van der Waals surface area contributed by atoms with Gasteiger partial charge in [0.15, 0.2) is 10.8 Å². The second kappa shape index (κ2) is 13.5. The minimum atomic E-state index is -4.85. The van der Waals surface area contributed by atoms with Crippen molar-refractivity contribution in [3.05, 3.63) is 101 Å². The molecule has 0 aliphatic heterocycles. The highest BCUT2D eigenvalue weighted by Crippen LogP contribution is 2.36. The quantitative estimate of drug-likeness (QED) is 0.119. The molecule has 0 fully saturated rings. The van der Waals surface area contributed by atoms with Crippen molar-refractivity contribution >= 4 is 45.9 Å². The number of carbonyl (C=O) groups is 1. The number of nitrogens with two attached hydrogens (primary N) is 1. The van der Waals surface area contributed by atoms with Gasteiger partial charge in [-0.3, -0.25) is 0 Å². The zero-order valence-corrected chi connectivity index (χ0v) is 22.0. The number of carboxylic acid groups (broad SMARTS) is 1. The molecule has 0 spiro atoms. The van der Waals surface area contributed by atoms with Gasteiger partial charge < -0.3 is 16.2 Å². The van der Waals surface area contributed by atoms with Crippen LogP contribution in [0, 0.1) is 5.41 Å². The SMILES string of the molecule is CC.CC/C(=C(/c1ccc(/C=C/C(=O)O)cc1)c1ccc(N)c(C=N)c1)c1ccc(S(=O)C(F)(F)F)cc1. The average Bonchev–Trinajstić information content (AvgIpc) is 2.91. The Morgan fingerprint density at radius 1 is 0.974 bits per heavy atom. The van der Waals surface area contributed by atoms with Crippen LogP contribution >= 0.6 is 0 Å². The molecular formula is C29H29F3N2O3S. The first-order chi connectivity index (χ1) is 18.0. The van der Waals surface area contributed by atoms with Crippen molar-refractivity contribution in [2.24, 2.45) is 0 Å². The van der Waals surface area contributed by atoms with Gasteiger partial charge in [-0.05, 0) is 70.2 Å². The van der Waals surface area contributed by atoms with Crippen molar-refractivity contribution < 1.29 is 27.3 Å². The lowest BCUT2D eigenvalue weighted by atomic mass is 9.87. The number of allylic oxidation sites excluding steroid dienone is 1. The van der Waals surface area contributed by atoms with Crippen molar-refractivity contribution in [3.63, 3.8) is 0 Å². The third-order valence-corrected chi connectivity index (χ3v) is 6.55. The molecule has 0 saturated carbocycles. The van der Waals surface area contributed by atoms with Gasteiger partial charge in [0.05, 0.1) is 0 Å². The summed E-state index contributed by atoms with van der Waals surface area (Å²) in [6.45, 7) is 5.91. The maximum atomic E-state index is 12.9. The summed E-state index contributed by atoms with van der Waals surface area (Å²) in [6, 6.07) is 17.8. The zero-order valence-electron chi connectivity index (χ0n) is 21.2. The summed E-state index contributed by atoms with van der Waals surface area (Å²) in [4.78, 5) is 10.5. The van der Waals surface area contributed by atoms with Gasteiger partial charge in [0.1, 0.15) is 0 Å². The van der Waals surface area contributed by atoms with E-state index in [0.717, 1.165) is 34.6 Å². The van der Waals surface area contributed by atoms with E-state index >= 15 is 0 Å². The molecule has 4 N–H and O–H groups in total. The molecule has 0 aromatic heterocycles. The fourth-order valence-corrected chi connectivity index (χ4v) is 4.39. The number of benzene rings is 3. The van der Waals surface area contributed by atoms with Gasteiger partial charge in [0.2, 0.25) is 0 Å². The fraction of sp³-hybridized carbons (Fsp3) is 0.172. The molecule has 200 valence electrons. The van der Waals surface area contributed by atoms with Gasteiger partial charge >= 0.3 is 11.5 Å². The highest BCUT2D eigenvalue weighted by atomic mass is 32.2. The average molecular weight is 543 g/mol. The number of nitrogen functional groups attached to an aromatic ring is 1. The van der Waals surface area contributed by atoms with Crippen LogP contribution in [0.1, 0.15) is 55.0 Å². The predicted octanol–water partition coefficient (Wildman–Crippen LogP) is 7.39. The first kappa shape index (κ1) is 30.2. The molecule has 3 rings (SSSR count). The van der Waals surface area contributed by atoms with Crippen molar-refractivity contribution in [1.82, 2.24) is 0 Å². The maximum Gasteiger partial charge on any atom is 0.475 e. The number of nitrogens with one attached hydrogen (secondary N) is 1. The third-order valence-electron chi connectivity index (χ3n) is 5.43. The fourth-order valence-electron chi connectivity index (χ4n) is 3.74. The second-order valence-corrected chi connectivity index (χ2v) is 9.20. The molecule has 0 saturated heterocycles.